The second-order valence-corrected chi connectivity index (χ2v) is 10.8. The fourth-order valence-corrected chi connectivity index (χ4v) is 4.26. The van der Waals surface area contributed by atoms with E-state index in [1.807, 2.05) is 6.92 Å². The number of para-hydroxylation sites is 1. The summed E-state index contributed by atoms with van der Waals surface area (Å²) in [6.07, 6.45) is -0.418. The third kappa shape index (κ3) is 9.02. The Kier molecular flexibility index (Phi) is 9.38. The summed E-state index contributed by atoms with van der Waals surface area (Å²) >= 11 is 0. The topological polar surface area (TPSA) is 154 Å². The van der Waals surface area contributed by atoms with Crippen LogP contribution in [0, 0.1) is 6.92 Å². The van der Waals surface area contributed by atoms with Crippen LogP contribution in [0.5, 0.6) is 5.75 Å². The SMILES string of the molecule is Cc1ccc(S(=O)(=O)N[C@@H](CC(=O)NC(C)(C)C)C(=O)NCCNC(=O)c2ccccc2O)cc1. The number of benzene rings is 2. The van der Waals surface area contributed by atoms with Gasteiger partial charge in [-0.1, -0.05) is 29.8 Å². The van der Waals surface area contributed by atoms with E-state index in [4.69, 9.17) is 0 Å². The average molecular weight is 505 g/mol. The first kappa shape index (κ1) is 27.8. The summed E-state index contributed by atoms with van der Waals surface area (Å²) in [5.41, 5.74) is 0.386. The highest BCUT2D eigenvalue weighted by Crippen LogP contribution is 2.15. The van der Waals surface area contributed by atoms with E-state index in [0.29, 0.717) is 0 Å². The smallest absolute Gasteiger partial charge is 0.255 e. The summed E-state index contributed by atoms with van der Waals surface area (Å²) in [6, 6.07) is 10.7. The quantitative estimate of drug-likeness (QED) is 0.306. The third-order valence-corrected chi connectivity index (χ3v) is 6.20. The van der Waals surface area contributed by atoms with Crippen LogP contribution in [0.1, 0.15) is 43.1 Å². The normalized spacial score (nSPS) is 12.5. The molecule has 5 N–H and O–H groups in total. The molecule has 1 atom stereocenters. The number of phenols is 1. The molecule has 10 nitrogen and oxygen atoms in total. The van der Waals surface area contributed by atoms with Gasteiger partial charge in [-0.2, -0.15) is 4.72 Å². The molecule has 0 saturated heterocycles. The molecule has 0 aliphatic rings. The first-order chi connectivity index (χ1) is 16.3. The fourth-order valence-electron chi connectivity index (χ4n) is 3.06. The van der Waals surface area contributed by atoms with Crippen LogP contribution in [0.15, 0.2) is 53.4 Å². The summed E-state index contributed by atoms with van der Waals surface area (Å²) in [6.45, 7) is 7.11. The Bertz CT molecular complexity index is 1160. The zero-order valence-corrected chi connectivity index (χ0v) is 21.0. The molecule has 2 rings (SSSR count). The molecule has 0 bridgehead atoms. The van der Waals surface area contributed by atoms with Gasteiger partial charge < -0.3 is 21.1 Å². The van der Waals surface area contributed by atoms with Crippen molar-refractivity contribution < 1.29 is 27.9 Å². The number of hydrogen-bond acceptors (Lipinski definition) is 6. The van der Waals surface area contributed by atoms with Crippen LogP contribution < -0.4 is 20.7 Å². The van der Waals surface area contributed by atoms with E-state index in [1.54, 1.807) is 45.0 Å². The highest BCUT2D eigenvalue weighted by atomic mass is 32.2. The summed E-state index contributed by atoms with van der Waals surface area (Å²) < 4.78 is 28.0. The van der Waals surface area contributed by atoms with Crippen molar-refractivity contribution in [2.24, 2.45) is 0 Å². The number of nitrogens with one attached hydrogen (secondary N) is 4. The van der Waals surface area contributed by atoms with E-state index in [1.165, 1.54) is 24.3 Å². The molecule has 11 heteroatoms. The Labute approximate surface area is 205 Å². The molecule has 35 heavy (non-hydrogen) atoms. The number of hydrogen-bond donors (Lipinski definition) is 5. The van der Waals surface area contributed by atoms with Crippen molar-refractivity contribution in [1.82, 2.24) is 20.7 Å². The van der Waals surface area contributed by atoms with Gasteiger partial charge >= 0.3 is 0 Å². The lowest BCUT2D eigenvalue weighted by Crippen LogP contribution is -2.51. The minimum absolute atomic E-state index is 0.0184. The molecule has 0 aliphatic carbocycles. The van der Waals surface area contributed by atoms with Gasteiger partial charge in [0.05, 0.1) is 16.9 Å². The van der Waals surface area contributed by atoms with Gasteiger partial charge in [0, 0.05) is 18.6 Å². The zero-order valence-electron chi connectivity index (χ0n) is 20.2. The van der Waals surface area contributed by atoms with Gasteiger partial charge in [0.2, 0.25) is 21.8 Å². The maximum atomic E-state index is 12.8. The molecule has 190 valence electrons. The van der Waals surface area contributed by atoms with E-state index in [-0.39, 0.29) is 29.3 Å². The molecule has 0 radical (unpaired) electrons. The number of carbonyl (C=O) groups is 3. The van der Waals surface area contributed by atoms with Crippen LogP contribution in [0.25, 0.3) is 0 Å². The fraction of sp³-hybridized carbons (Fsp3) is 0.375. The molecule has 0 heterocycles. The molecule has 2 aromatic rings. The second kappa shape index (κ2) is 11.8. The van der Waals surface area contributed by atoms with Crippen LogP contribution in [0.4, 0.5) is 0 Å². The van der Waals surface area contributed by atoms with Crippen molar-refractivity contribution in [3.8, 4) is 5.75 Å². The number of aromatic hydroxyl groups is 1. The molecule has 0 spiro atoms. The molecule has 0 aromatic heterocycles. The largest absolute Gasteiger partial charge is 0.507 e. The van der Waals surface area contributed by atoms with E-state index in [2.05, 4.69) is 20.7 Å². The van der Waals surface area contributed by atoms with Crippen molar-refractivity contribution in [2.75, 3.05) is 13.1 Å². The Morgan fingerprint density at radius 3 is 2.14 bits per heavy atom. The summed E-state index contributed by atoms with van der Waals surface area (Å²) in [7, 11) is -4.08. The number of carbonyl (C=O) groups excluding carboxylic acids is 3. The van der Waals surface area contributed by atoms with Crippen LogP contribution in [-0.2, 0) is 19.6 Å². The molecular weight excluding hydrogens is 472 g/mol. The van der Waals surface area contributed by atoms with Crippen LogP contribution in [0.3, 0.4) is 0 Å². The van der Waals surface area contributed by atoms with Gasteiger partial charge in [0.25, 0.3) is 5.91 Å². The lowest BCUT2D eigenvalue weighted by atomic mass is 10.1. The van der Waals surface area contributed by atoms with Crippen molar-refractivity contribution >= 4 is 27.7 Å². The summed E-state index contributed by atoms with van der Waals surface area (Å²) in [5, 5.41) is 17.5. The zero-order chi connectivity index (χ0) is 26.2. The van der Waals surface area contributed by atoms with Crippen molar-refractivity contribution in [3.05, 3.63) is 59.7 Å². The van der Waals surface area contributed by atoms with Crippen molar-refractivity contribution in [2.45, 2.75) is 50.6 Å². The number of aryl methyl sites for hydroxylation is 1. The Hall–Kier alpha value is -3.44. The number of phenolic OH excluding ortho intramolecular Hbond substituents is 1. The van der Waals surface area contributed by atoms with Gasteiger partial charge in [-0.25, -0.2) is 8.42 Å². The van der Waals surface area contributed by atoms with E-state index >= 15 is 0 Å². The van der Waals surface area contributed by atoms with E-state index in [9.17, 15) is 27.9 Å². The standard InChI is InChI=1S/C24H32N4O6S/c1-16-9-11-17(12-10-16)35(33,34)28-19(15-21(30)27-24(2,3)4)23(32)26-14-13-25-22(31)18-7-5-6-8-20(18)29/h5-12,19,28-29H,13-15H2,1-4H3,(H,25,31)(H,26,32)(H,27,30)/t19-/m0/s1. The minimum atomic E-state index is -4.08. The van der Waals surface area contributed by atoms with Gasteiger partial charge in [-0.15, -0.1) is 0 Å². The lowest BCUT2D eigenvalue weighted by Gasteiger charge is -2.23. The minimum Gasteiger partial charge on any atom is -0.507 e. The second-order valence-electron chi connectivity index (χ2n) is 9.05. The predicted octanol–water partition coefficient (Wildman–Crippen LogP) is 1.20. The van der Waals surface area contributed by atoms with Crippen molar-refractivity contribution in [3.63, 3.8) is 0 Å². The van der Waals surface area contributed by atoms with Gasteiger partial charge in [0.1, 0.15) is 11.8 Å². The Balaban J connectivity index is 2.05. The molecule has 0 fully saturated rings. The van der Waals surface area contributed by atoms with E-state index in [0.717, 1.165) is 5.56 Å². The monoisotopic (exact) mass is 504 g/mol. The van der Waals surface area contributed by atoms with Gasteiger partial charge in [0.15, 0.2) is 0 Å². The summed E-state index contributed by atoms with van der Waals surface area (Å²) in [4.78, 5) is 37.4. The highest BCUT2D eigenvalue weighted by Gasteiger charge is 2.29. The van der Waals surface area contributed by atoms with Gasteiger partial charge in [-0.05, 0) is 52.0 Å². The molecule has 3 amide bonds. The van der Waals surface area contributed by atoms with Crippen LogP contribution >= 0.6 is 0 Å². The van der Waals surface area contributed by atoms with Crippen LogP contribution in [-0.4, -0.2) is 55.9 Å². The van der Waals surface area contributed by atoms with Gasteiger partial charge in [-0.3, -0.25) is 14.4 Å². The van der Waals surface area contributed by atoms with E-state index < -0.39 is 45.7 Å². The summed E-state index contributed by atoms with van der Waals surface area (Å²) in [5.74, 6) is -1.93. The first-order valence-electron chi connectivity index (χ1n) is 11.0. The Morgan fingerprint density at radius 2 is 1.54 bits per heavy atom. The molecule has 0 aliphatic heterocycles. The lowest BCUT2D eigenvalue weighted by molar-refractivity contribution is -0.128. The van der Waals surface area contributed by atoms with Crippen LogP contribution in [0.2, 0.25) is 0 Å². The van der Waals surface area contributed by atoms with Crippen molar-refractivity contribution in [1.29, 1.82) is 0 Å². The molecule has 2 aromatic carbocycles. The third-order valence-electron chi connectivity index (χ3n) is 4.71. The predicted molar refractivity (Wildman–Crippen MR) is 131 cm³/mol. The maximum absolute atomic E-state index is 12.8. The molecular formula is C24H32N4O6S. The number of amides is 3. The number of rotatable bonds is 10. The number of sulfonamides is 1. The first-order valence-corrected chi connectivity index (χ1v) is 12.5. The maximum Gasteiger partial charge on any atom is 0.255 e. The average Bonchev–Trinajstić information content (AvgIpc) is 2.75. The highest BCUT2D eigenvalue weighted by molar-refractivity contribution is 7.89. The molecule has 0 saturated carbocycles. The molecule has 0 unspecified atom stereocenters. The Morgan fingerprint density at radius 1 is 0.943 bits per heavy atom.